The van der Waals surface area contributed by atoms with Crippen molar-refractivity contribution < 1.29 is 66.9 Å². The molecule has 0 aliphatic rings. The number of aldehydes is 1. The third kappa shape index (κ3) is 21.3. The first-order chi connectivity index (χ1) is 33.4. The Hall–Kier alpha value is -7.01. The summed E-state index contributed by atoms with van der Waals surface area (Å²) in [6.45, 7) is 15.6. The average Bonchev–Trinajstić information content (AvgIpc) is 3.29. The van der Waals surface area contributed by atoms with Crippen molar-refractivity contribution in [3.05, 3.63) is 131 Å². The zero-order valence-corrected chi connectivity index (χ0v) is 42.4. The first-order valence-corrected chi connectivity index (χ1v) is 23.7. The summed E-state index contributed by atoms with van der Waals surface area (Å²) in [5, 5.41) is 19.7. The number of benzene rings is 3. The molecular formula is C54H71N4O13+. The second-order valence-electron chi connectivity index (χ2n) is 20.1. The average molecular weight is 984 g/mol. The number of hydrogen-bond acceptors (Lipinski definition) is 13. The number of aromatic hydroxyl groups is 1. The Morgan fingerprint density at radius 3 is 1.51 bits per heavy atom. The van der Waals surface area contributed by atoms with Crippen molar-refractivity contribution in [2.75, 3.05) is 0 Å². The zero-order valence-electron chi connectivity index (χ0n) is 42.4. The van der Waals surface area contributed by atoms with Gasteiger partial charge in [0.1, 0.15) is 49.7 Å². The van der Waals surface area contributed by atoms with Crippen LogP contribution in [0, 0.1) is 0 Å². The molecule has 4 N–H and O–H groups in total. The Morgan fingerprint density at radius 1 is 0.606 bits per heavy atom. The number of carbonyl (C=O) groups is 6. The first-order valence-electron chi connectivity index (χ1n) is 23.7. The molecule has 0 spiro atoms. The zero-order chi connectivity index (χ0) is 52.2. The van der Waals surface area contributed by atoms with Crippen molar-refractivity contribution in [3.8, 4) is 5.75 Å². The summed E-state index contributed by atoms with van der Waals surface area (Å²) in [7, 11) is 0. The van der Waals surface area contributed by atoms with Crippen molar-refractivity contribution in [1.82, 2.24) is 16.0 Å². The van der Waals surface area contributed by atoms with E-state index in [1.165, 1.54) is 6.20 Å². The summed E-state index contributed by atoms with van der Waals surface area (Å²) in [4.78, 5) is 79.7. The molecule has 4 aromatic rings. The van der Waals surface area contributed by atoms with E-state index in [2.05, 4.69) is 16.0 Å². The predicted molar refractivity (Wildman–Crippen MR) is 262 cm³/mol. The molecule has 0 fully saturated rings. The molecule has 0 radical (unpaired) electrons. The number of rotatable bonds is 23. The number of pyridine rings is 1. The highest BCUT2D eigenvalue weighted by Gasteiger charge is 2.38. The third-order valence-corrected chi connectivity index (χ3v) is 10.2. The fraction of sp³-hybridized carbons (Fsp3) is 0.463. The maximum atomic E-state index is 13.8. The number of unbranched alkanes of at least 4 members (excludes halogenated alkanes) is 1. The quantitative estimate of drug-likeness (QED) is 0.0138. The fourth-order valence-electron chi connectivity index (χ4n) is 7.21. The number of aryl methyl sites for hydroxylation is 2. The fourth-order valence-corrected chi connectivity index (χ4v) is 7.21. The van der Waals surface area contributed by atoms with Gasteiger partial charge in [0.15, 0.2) is 18.2 Å². The molecule has 3 unspecified atom stereocenters. The Labute approximate surface area is 416 Å². The van der Waals surface area contributed by atoms with Crippen LogP contribution in [0.15, 0.2) is 103 Å². The van der Waals surface area contributed by atoms with Crippen molar-refractivity contribution in [2.24, 2.45) is 0 Å². The monoisotopic (exact) mass is 984 g/mol. The van der Waals surface area contributed by atoms with Gasteiger partial charge in [-0.1, -0.05) is 91.0 Å². The topological polar surface area (TPSA) is 218 Å². The maximum Gasteiger partial charge on any atom is 0.410 e. The lowest BCUT2D eigenvalue weighted by atomic mass is 9.96. The minimum absolute atomic E-state index is 0.0184. The highest BCUT2D eigenvalue weighted by atomic mass is 16.6. The lowest BCUT2D eigenvalue weighted by Gasteiger charge is -2.35. The van der Waals surface area contributed by atoms with Gasteiger partial charge >= 0.3 is 30.2 Å². The summed E-state index contributed by atoms with van der Waals surface area (Å²) in [5.74, 6) is -1.77. The summed E-state index contributed by atoms with van der Waals surface area (Å²) < 4.78 is 35.6. The lowest BCUT2D eigenvalue weighted by Crippen LogP contribution is -2.55. The van der Waals surface area contributed by atoms with E-state index < -0.39 is 64.8 Å². The number of carbonyl (C=O) groups excluding carboxylic acids is 6. The number of alkyl carbamates (subject to hydrolysis) is 3. The van der Waals surface area contributed by atoms with Crippen LogP contribution in [0.2, 0.25) is 0 Å². The summed E-state index contributed by atoms with van der Waals surface area (Å²) in [6, 6.07) is 24.5. The van der Waals surface area contributed by atoms with Gasteiger partial charge in [0.05, 0.1) is 5.60 Å². The van der Waals surface area contributed by atoms with E-state index >= 15 is 0 Å². The Morgan fingerprint density at radius 2 is 1.06 bits per heavy atom. The van der Waals surface area contributed by atoms with E-state index in [0.29, 0.717) is 24.7 Å². The molecule has 0 bridgehead atoms. The van der Waals surface area contributed by atoms with Gasteiger partial charge in [-0.05, 0) is 98.3 Å². The van der Waals surface area contributed by atoms with Gasteiger partial charge in [-0.3, -0.25) is 10.1 Å². The van der Waals surface area contributed by atoms with E-state index in [1.807, 2.05) is 30.3 Å². The van der Waals surface area contributed by atoms with E-state index in [4.69, 9.17) is 28.4 Å². The molecular weight excluding hydrogens is 913 g/mol. The Balaban J connectivity index is 1.63. The molecule has 71 heavy (non-hydrogen) atoms. The van der Waals surface area contributed by atoms with Crippen LogP contribution in [0.25, 0.3) is 0 Å². The van der Waals surface area contributed by atoms with E-state index in [0.717, 1.165) is 16.7 Å². The summed E-state index contributed by atoms with van der Waals surface area (Å²) in [6.07, 6.45) is 1.69. The van der Waals surface area contributed by atoms with Crippen LogP contribution in [-0.4, -0.2) is 76.2 Å². The van der Waals surface area contributed by atoms with Crippen LogP contribution in [-0.2, 0) is 82.0 Å². The standard InChI is InChI=1S/C54H70N4O13/c1-51(2,3)69-46(61)43(55-48(63)66-34-38-21-13-10-14-22-38)28-27-41-32-58(30-20-19-29-54(37-59,71-53(7,8)9)57-50(65)68-36-40-25-17-12-18-26-40)33-45(60)42(41)31-44(47(62)70-52(4,5)6)56-49(64)67-35-39-23-15-11-16-24-39/h10-18,21-26,32-33,37,43-44H,19-20,27-31,34-36H2,1-9H3,(H3-,55,56,57,60,63,64,65)/p+1. The predicted octanol–water partition coefficient (Wildman–Crippen LogP) is 8.24. The van der Waals surface area contributed by atoms with Crippen molar-refractivity contribution in [1.29, 1.82) is 0 Å². The number of hydrogen-bond donors (Lipinski definition) is 4. The molecule has 384 valence electrons. The van der Waals surface area contributed by atoms with Crippen molar-refractivity contribution >= 4 is 36.5 Å². The smallest absolute Gasteiger partial charge is 0.410 e. The molecule has 3 aromatic carbocycles. The van der Waals surface area contributed by atoms with Crippen LogP contribution in [0.1, 0.15) is 116 Å². The summed E-state index contributed by atoms with van der Waals surface area (Å²) in [5.41, 5.74) is -1.52. The van der Waals surface area contributed by atoms with Crippen molar-refractivity contribution in [3.63, 3.8) is 0 Å². The lowest BCUT2D eigenvalue weighted by molar-refractivity contribution is -0.698. The van der Waals surface area contributed by atoms with Crippen LogP contribution in [0.5, 0.6) is 5.75 Å². The molecule has 0 aliphatic heterocycles. The number of esters is 2. The Kier molecular flexibility index (Phi) is 20.9. The second kappa shape index (κ2) is 26.3. The third-order valence-electron chi connectivity index (χ3n) is 10.2. The number of aromatic nitrogens is 1. The van der Waals surface area contributed by atoms with Crippen LogP contribution in [0.4, 0.5) is 14.4 Å². The van der Waals surface area contributed by atoms with Crippen LogP contribution in [0.3, 0.4) is 0 Å². The maximum absolute atomic E-state index is 13.8. The van der Waals surface area contributed by atoms with Crippen LogP contribution >= 0.6 is 0 Å². The SMILES string of the molecule is CC(C)(C)OC(=O)C(CCc1c[n+](CCCCC(C=O)(NC(=O)OCc2ccccc2)OC(C)(C)C)cc(O)c1CC(NC(=O)OCc1ccccc1)C(=O)OC(C)(C)C)NC(=O)OCc1ccccc1. The second-order valence-corrected chi connectivity index (χ2v) is 20.1. The molecule has 3 atom stereocenters. The molecule has 4 rings (SSSR count). The normalized spacial score (nSPS) is 13.3. The minimum Gasteiger partial charge on any atom is -0.503 e. The first kappa shape index (κ1) is 56.6. The van der Waals surface area contributed by atoms with Gasteiger partial charge in [0.2, 0.25) is 11.9 Å². The largest absolute Gasteiger partial charge is 0.503 e. The molecule has 0 saturated carbocycles. The van der Waals surface area contributed by atoms with Crippen molar-refractivity contribution in [2.45, 2.75) is 162 Å². The highest BCUT2D eigenvalue weighted by Crippen LogP contribution is 2.26. The van der Waals surface area contributed by atoms with E-state index in [9.17, 15) is 33.9 Å². The van der Waals surface area contributed by atoms with Gasteiger partial charge in [-0.2, -0.15) is 0 Å². The Bertz CT molecular complexity index is 2360. The number of amides is 3. The molecule has 3 amide bonds. The number of nitrogens with one attached hydrogen (secondary N) is 3. The van der Waals surface area contributed by atoms with Gasteiger partial charge in [-0.15, -0.1) is 0 Å². The van der Waals surface area contributed by atoms with Gasteiger partial charge < -0.3 is 44.2 Å². The van der Waals surface area contributed by atoms with Gasteiger partial charge in [0.25, 0.3) is 0 Å². The molecule has 0 saturated heterocycles. The molecule has 17 nitrogen and oxygen atoms in total. The van der Waals surface area contributed by atoms with Crippen LogP contribution < -0.4 is 20.5 Å². The van der Waals surface area contributed by atoms with E-state index in [-0.39, 0.29) is 63.4 Å². The molecule has 17 heteroatoms. The number of ether oxygens (including phenoxy) is 6. The summed E-state index contributed by atoms with van der Waals surface area (Å²) >= 11 is 0. The molecule has 0 aliphatic carbocycles. The van der Waals surface area contributed by atoms with Gasteiger partial charge in [-0.25, -0.2) is 28.5 Å². The highest BCUT2D eigenvalue weighted by molar-refractivity contribution is 5.83. The minimum atomic E-state index is -1.73. The molecule has 1 heterocycles. The van der Waals surface area contributed by atoms with Gasteiger partial charge in [0, 0.05) is 30.4 Å². The van der Waals surface area contributed by atoms with E-state index in [1.54, 1.807) is 134 Å². The molecule has 1 aromatic heterocycles. The number of nitrogens with zero attached hydrogens (tertiary/aromatic N) is 1.